The van der Waals surface area contributed by atoms with E-state index in [1.807, 2.05) is 0 Å². The maximum absolute atomic E-state index is 12.5. The smallest absolute Gasteiger partial charge is 0.312 e. The summed E-state index contributed by atoms with van der Waals surface area (Å²) in [7, 11) is -2.70. The van der Waals surface area contributed by atoms with Crippen LogP contribution >= 0.6 is 11.3 Å². The van der Waals surface area contributed by atoms with Crippen molar-refractivity contribution in [1.82, 2.24) is 9.29 Å². The average Bonchev–Trinajstić information content (AvgIpc) is 2.90. The fourth-order valence-electron chi connectivity index (χ4n) is 1.74. The van der Waals surface area contributed by atoms with Crippen LogP contribution in [0.25, 0.3) is 0 Å². The third kappa shape index (κ3) is 3.01. The Balaban J connectivity index is 2.44. The number of benzene rings is 1. The van der Waals surface area contributed by atoms with Gasteiger partial charge >= 0.3 is 5.69 Å². The molecule has 21 heavy (non-hydrogen) atoms. The van der Waals surface area contributed by atoms with E-state index in [9.17, 15) is 18.5 Å². The van der Waals surface area contributed by atoms with Gasteiger partial charge in [-0.1, -0.05) is 6.07 Å². The number of nitrogens with two attached hydrogens (primary N) is 1. The van der Waals surface area contributed by atoms with Crippen LogP contribution in [0.3, 0.4) is 0 Å². The Hall–Kier alpha value is -2.04. The van der Waals surface area contributed by atoms with Crippen LogP contribution in [0, 0.1) is 10.1 Å². The fraction of sp³-hybridized carbons (Fsp3) is 0.182. The van der Waals surface area contributed by atoms with Crippen molar-refractivity contribution in [1.29, 1.82) is 0 Å². The predicted octanol–water partition coefficient (Wildman–Crippen LogP) is 1.45. The zero-order chi connectivity index (χ0) is 15.6. The Kier molecular flexibility index (Phi) is 4.21. The van der Waals surface area contributed by atoms with Crippen LogP contribution in [-0.4, -0.2) is 29.7 Å². The number of anilines is 1. The molecule has 0 radical (unpaired) electrons. The van der Waals surface area contributed by atoms with Gasteiger partial charge in [0.05, 0.1) is 22.7 Å². The molecule has 0 bridgehead atoms. The summed E-state index contributed by atoms with van der Waals surface area (Å²) in [6, 6.07) is 3.82. The molecule has 0 aliphatic heterocycles. The van der Waals surface area contributed by atoms with Crippen LogP contribution in [0.15, 0.2) is 34.0 Å². The summed E-state index contributed by atoms with van der Waals surface area (Å²) in [6.45, 7) is 0.0256. The van der Waals surface area contributed by atoms with E-state index < -0.39 is 25.5 Å². The van der Waals surface area contributed by atoms with Gasteiger partial charge in [-0.3, -0.25) is 10.1 Å². The molecule has 0 unspecified atom stereocenters. The van der Waals surface area contributed by atoms with Crippen molar-refractivity contribution in [2.24, 2.45) is 0 Å². The molecule has 0 amide bonds. The highest BCUT2D eigenvalue weighted by molar-refractivity contribution is 7.89. The number of nitro benzene ring substituents is 1. The van der Waals surface area contributed by atoms with Gasteiger partial charge in [-0.2, -0.15) is 4.31 Å². The summed E-state index contributed by atoms with van der Waals surface area (Å²) in [5.74, 6) is 0. The number of thiazole rings is 1. The molecule has 0 saturated carbocycles. The third-order valence-electron chi connectivity index (χ3n) is 2.77. The molecule has 8 nitrogen and oxygen atoms in total. The van der Waals surface area contributed by atoms with E-state index in [0.29, 0.717) is 5.69 Å². The normalized spacial score (nSPS) is 11.7. The predicted molar refractivity (Wildman–Crippen MR) is 78.3 cm³/mol. The first-order chi connectivity index (χ1) is 9.84. The van der Waals surface area contributed by atoms with E-state index in [2.05, 4.69) is 4.98 Å². The summed E-state index contributed by atoms with van der Waals surface area (Å²) in [5, 5.41) is 12.8. The van der Waals surface area contributed by atoms with Crippen molar-refractivity contribution in [2.45, 2.75) is 11.4 Å². The van der Waals surface area contributed by atoms with Crippen molar-refractivity contribution < 1.29 is 13.3 Å². The van der Waals surface area contributed by atoms with Gasteiger partial charge in [0.1, 0.15) is 5.69 Å². The largest absolute Gasteiger partial charge is 0.393 e. The zero-order valence-electron chi connectivity index (χ0n) is 11.0. The monoisotopic (exact) mass is 328 g/mol. The van der Waals surface area contributed by atoms with E-state index in [0.717, 1.165) is 4.31 Å². The molecule has 0 spiro atoms. The van der Waals surface area contributed by atoms with Crippen LogP contribution < -0.4 is 5.73 Å². The molecule has 2 N–H and O–H groups in total. The Bertz CT molecular complexity index is 759. The summed E-state index contributed by atoms with van der Waals surface area (Å²) in [5.41, 5.74) is 6.87. The number of rotatable bonds is 5. The summed E-state index contributed by atoms with van der Waals surface area (Å²) < 4.78 is 26.0. The van der Waals surface area contributed by atoms with Crippen molar-refractivity contribution in [2.75, 3.05) is 12.8 Å². The van der Waals surface area contributed by atoms with Crippen LogP contribution in [0.4, 0.5) is 11.4 Å². The molecular weight excluding hydrogens is 316 g/mol. The Morgan fingerprint density at radius 3 is 2.76 bits per heavy atom. The Morgan fingerprint density at radius 2 is 2.19 bits per heavy atom. The summed E-state index contributed by atoms with van der Waals surface area (Å²) >= 11 is 1.34. The topological polar surface area (TPSA) is 119 Å². The standard InChI is InChI=1S/C11H12N4O4S2/c1-14(5-8-6-20-7-13-8)21(18,19)10-4-2-3-9(12)11(10)15(16)17/h2-4,6-7H,5,12H2,1H3. The van der Waals surface area contributed by atoms with Gasteiger partial charge in [-0.25, -0.2) is 13.4 Å². The number of sulfonamides is 1. The highest BCUT2D eigenvalue weighted by Crippen LogP contribution is 2.31. The number of hydrogen-bond acceptors (Lipinski definition) is 7. The van der Waals surface area contributed by atoms with Crippen molar-refractivity contribution in [3.05, 3.63) is 44.9 Å². The lowest BCUT2D eigenvalue weighted by molar-refractivity contribution is -0.386. The molecule has 112 valence electrons. The molecule has 0 aliphatic carbocycles. The van der Waals surface area contributed by atoms with Gasteiger partial charge in [0.25, 0.3) is 0 Å². The molecule has 0 fully saturated rings. The quantitative estimate of drug-likeness (QED) is 0.504. The molecular formula is C11H12N4O4S2. The van der Waals surface area contributed by atoms with E-state index in [1.165, 1.54) is 36.6 Å². The highest BCUT2D eigenvalue weighted by atomic mass is 32.2. The van der Waals surface area contributed by atoms with E-state index in [4.69, 9.17) is 5.73 Å². The van der Waals surface area contributed by atoms with Gasteiger partial charge < -0.3 is 5.73 Å². The molecule has 0 saturated heterocycles. The van der Waals surface area contributed by atoms with E-state index >= 15 is 0 Å². The number of hydrogen-bond donors (Lipinski definition) is 1. The first-order valence-corrected chi connectivity index (χ1v) is 8.08. The summed E-state index contributed by atoms with van der Waals surface area (Å²) in [4.78, 5) is 13.8. The Morgan fingerprint density at radius 1 is 1.48 bits per heavy atom. The van der Waals surface area contributed by atoms with Crippen LogP contribution in [-0.2, 0) is 16.6 Å². The fourth-order valence-corrected chi connectivity index (χ4v) is 3.61. The van der Waals surface area contributed by atoms with E-state index in [1.54, 1.807) is 10.9 Å². The molecule has 2 aromatic rings. The second-order valence-electron chi connectivity index (χ2n) is 4.19. The molecule has 2 rings (SSSR count). The minimum atomic E-state index is -4.04. The van der Waals surface area contributed by atoms with Crippen molar-refractivity contribution in [3.63, 3.8) is 0 Å². The van der Waals surface area contributed by atoms with Crippen LogP contribution in [0.5, 0.6) is 0 Å². The second-order valence-corrected chi connectivity index (χ2v) is 6.92. The lowest BCUT2D eigenvalue weighted by Crippen LogP contribution is -2.27. The van der Waals surface area contributed by atoms with Crippen LogP contribution in [0.1, 0.15) is 5.69 Å². The molecule has 0 aliphatic rings. The number of nitro groups is 1. The number of para-hydroxylation sites is 1. The average molecular weight is 328 g/mol. The van der Waals surface area contributed by atoms with E-state index in [-0.39, 0.29) is 12.2 Å². The number of nitrogens with zero attached hydrogens (tertiary/aromatic N) is 3. The lowest BCUT2D eigenvalue weighted by Gasteiger charge is -2.16. The van der Waals surface area contributed by atoms with Gasteiger partial charge in [0, 0.05) is 12.4 Å². The lowest BCUT2D eigenvalue weighted by atomic mass is 10.3. The molecule has 0 atom stereocenters. The second kappa shape index (κ2) is 5.76. The van der Waals surface area contributed by atoms with Gasteiger partial charge in [0.15, 0.2) is 4.90 Å². The van der Waals surface area contributed by atoms with Crippen molar-refractivity contribution in [3.8, 4) is 0 Å². The molecule has 1 heterocycles. The maximum atomic E-state index is 12.5. The SMILES string of the molecule is CN(Cc1cscn1)S(=O)(=O)c1cccc(N)c1[N+](=O)[O-]. The summed E-state index contributed by atoms with van der Waals surface area (Å²) in [6.07, 6.45) is 0. The van der Waals surface area contributed by atoms with Gasteiger partial charge in [-0.05, 0) is 12.1 Å². The van der Waals surface area contributed by atoms with Crippen LogP contribution in [0.2, 0.25) is 0 Å². The Labute approximate surface area is 125 Å². The maximum Gasteiger partial charge on any atom is 0.312 e. The molecule has 10 heteroatoms. The molecule has 1 aromatic heterocycles. The number of nitrogen functional groups attached to an aromatic ring is 1. The van der Waals surface area contributed by atoms with Crippen molar-refractivity contribution >= 4 is 32.7 Å². The van der Waals surface area contributed by atoms with Gasteiger partial charge in [-0.15, -0.1) is 11.3 Å². The minimum absolute atomic E-state index is 0.0256. The zero-order valence-corrected chi connectivity index (χ0v) is 12.6. The highest BCUT2D eigenvalue weighted by Gasteiger charge is 2.31. The third-order valence-corrected chi connectivity index (χ3v) is 5.24. The minimum Gasteiger partial charge on any atom is -0.393 e. The first-order valence-electron chi connectivity index (χ1n) is 5.70. The first kappa shape index (κ1) is 15.4. The molecule has 1 aromatic carbocycles. The van der Waals surface area contributed by atoms with Gasteiger partial charge in [0.2, 0.25) is 10.0 Å². The number of aromatic nitrogens is 1.